The molecule has 0 aliphatic carbocycles. The van der Waals surface area contributed by atoms with Gasteiger partial charge < -0.3 is 4.74 Å². The third-order valence-corrected chi connectivity index (χ3v) is 3.06. The number of rotatable bonds is 4. The highest BCUT2D eigenvalue weighted by Crippen LogP contribution is 2.18. The standard InChI is InChI=1S/C11H16O2S/c1-4-13-11(12)9(3)6-10-5-8(2)7-14-10/h5,7,9H,4,6H2,1-3H3. The van der Waals surface area contributed by atoms with Crippen molar-refractivity contribution >= 4 is 17.3 Å². The zero-order valence-corrected chi connectivity index (χ0v) is 9.69. The van der Waals surface area contributed by atoms with Gasteiger partial charge in [0.05, 0.1) is 12.5 Å². The van der Waals surface area contributed by atoms with Gasteiger partial charge in [0.15, 0.2) is 0 Å². The smallest absolute Gasteiger partial charge is 0.309 e. The molecule has 0 amide bonds. The van der Waals surface area contributed by atoms with Gasteiger partial charge in [-0.1, -0.05) is 6.92 Å². The van der Waals surface area contributed by atoms with Gasteiger partial charge in [-0.2, -0.15) is 0 Å². The minimum atomic E-state index is -0.0986. The maximum atomic E-state index is 11.3. The quantitative estimate of drug-likeness (QED) is 0.717. The minimum Gasteiger partial charge on any atom is -0.466 e. The molecule has 0 radical (unpaired) electrons. The summed E-state index contributed by atoms with van der Waals surface area (Å²) in [6, 6.07) is 2.13. The Balaban J connectivity index is 2.48. The number of carbonyl (C=O) groups is 1. The van der Waals surface area contributed by atoms with Crippen molar-refractivity contribution in [3.05, 3.63) is 21.9 Å². The molecular weight excluding hydrogens is 196 g/mol. The molecule has 1 heterocycles. The van der Waals surface area contributed by atoms with Crippen molar-refractivity contribution in [2.45, 2.75) is 27.2 Å². The largest absolute Gasteiger partial charge is 0.466 e. The van der Waals surface area contributed by atoms with Crippen molar-refractivity contribution in [3.63, 3.8) is 0 Å². The zero-order chi connectivity index (χ0) is 10.6. The van der Waals surface area contributed by atoms with Crippen LogP contribution in [0.5, 0.6) is 0 Å². The number of ether oxygens (including phenoxy) is 1. The van der Waals surface area contributed by atoms with E-state index in [1.54, 1.807) is 11.3 Å². The molecule has 0 aliphatic rings. The molecule has 0 aliphatic heterocycles. The Morgan fingerprint density at radius 1 is 1.64 bits per heavy atom. The third-order valence-electron chi connectivity index (χ3n) is 1.98. The fourth-order valence-electron chi connectivity index (χ4n) is 1.27. The van der Waals surface area contributed by atoms with Crippen molar-refractivity contribution in [2.75, 3.05) is 6.61 Å². The van der Waals surface area contributed by atoms with Gasteiger partial charge in [-0.15, -0.1) is 11.3 Å². The van der Waals surface area contributed by atoms with E-state index in [9.17, 15) is 4.79 Å². The van der Waals surface area contributed by atoms with Crippen LogP contribution in [0.1, 0.15) is 24.3 Å². The molecule has 1 unspecified atom stereocenters. The summed E-state index contributed by atoms with van der Waals surface area (Å²) in [4.78, 5) is 12.6. The maximum absolute atomic E-state index is 11.3. The van der Waals surface area contributed by atoms with Crippen LogP contribution in [0.15, 0.2) is 11.4 Å². The Kier molecular flexibility index (Phi) is 4.14. The van der Waals surface area contributed by atoms with Crippen LogP contribution in [0.4, 0.5) is 0 Å². The molecule has 1 atom stereocenters. The predicted molar refractivity (Wildman–Crippen MR) is 58.6 cm³/mol. The van der Waals surface area contributed by atoms with Gasteiger partial charge in [0.25, 0.3) is 0 Å². The van der Waals surface area contributed by atoms with E-state index in [0.717, 1.165) is 6.42 Å². The molecular formula is C11H16O2S. The normalized spacial score (nSPS) is 12.5. The molecule has 0 fully saturated rings. The molecule has 0 aromatic carbocycles. The monoisotopic (exact) mass is 212 g/mol. The number of carbonyl (C=O) groups excluding carboxylic acids is 1. The summed E-state index contributed by atoms with van der Waals surface area (Å²) in [5.74, 6) is -0.133. The molecule has 0 N–H and O–H groups in total. The lowest BCUT2D eigenvalue weighted by atomic mass is 10.1. The van der Waals surface area contributed by atoms with Gasteiger partial charge in [0.1, 0.15) is 0 Å². The van der Waals surface area contributed by atoms with E-state index >= 15 is 0 Å². The molecule has 14 heavy (non-hydrogen) atoms. The Bertz CT molecular complexity index is 304. The second-order valence-corrected chi connectivity index (χ2v) is 4.44. The van der Waals surface area contributed by atoms with Crippen molar-refractivity contribution in [2.24, 2.45) is 5.92 Å². The van der Waals surface area contributed by atoms with Gasteiger partial charge in [-0.3, -0.25) is 4.79 Å². The van der Waals surface area contributed by atoms with Crippen LogP contribution in [0.2, 0.25) is 0 Å². The van der Waals surface area contributed by atoms with E-state index in [4.69, 9.17) is 4.74 Å². The summed E-state index contributed by atoms with van der Waals surface area (Å²) in [6.07, 6.45) is 0.789. The zero-order valence-electron chi connectivity index (χ0n) is 8.87. The lowest BCUT2D eigenvalue weighted by Crippen LogP contribution is -2.16. The first kappa shape index (κ1) is 11.2. The summed E-state index contributed by atoms with van der Waals surface area (Å²) >= 11 is 1.71. The fourth-order valence-corrected chi connectivity index (χ4v) is 2.27. The highest BCUT2D eigenvalue weighted by Gasteiger charge is 2.14. The summed E-state index contributed by atoms with van der Waals surface area (Å²) in [6.45, 7) is 6.27. The van der Waals surface area contributed by atoms with E-state index in [1.165, 1.54) is 10.4 Å². The van der Waals surface area contributed by atoms with Gasteiger partial charge in [-0.05, 0) is 37.3 Å². The molecule has 0 spiro atoms. The van der Waals surface area contributed by atoms with Gasteiger partial charge in [0.2, 0.25) is 0 Å². The first-order chi connectivity index (χ1) is 6.63. The second-order valence-electron chi connectivity index (χ2n) is 3.45. The molecule has 2 nitrogen and oxygen atoms in total. The summed E-state index contributed by atoms with van der Waals surface area (Å²) in [5, 5.41) is 2.10. The van der Waals surface area contributed by atoms with E-state index < -0.39 is 0 Å². The molecule has 78 valence electrons. The van der Waals surface area contributed by atoms with Crippen molar-refractivity contribution in [3.8, 4) is 0 Å². The van der Waals surface area contributed by atoms with Gasteiger partial charge in [-0.25, -0.2) is 0 Å². The molecule has 1 aromatic rings. The number of hydrogen-bond donors (Lipinski definition) is 0. The highest BCUT2D eigenvalue weighted by molar-refractivity contribution is 7.10. The van der Waals surface area contributed by atoms with Crippen LogP contribution in [-0.2, 0) is 16.0 Å². The Morgan fingerprint density at radius 3 is 2.86 bits per heavy atom. The Morgan fingerprint density at radius 2 is 2.36 bits per heavy atom. The first-order valence-corrected chi connectivity index (χ1v) is 5.72. The van der Waals surface area contributed by atoms with E-state index in [-0.39, 0.29) is 11.9 Å². The lowest BCUT2D eigenvalue weighted by molar-refractivity contribution is -0.147. The molecule has 1 aromatic heterocycles. The number of aryl methyl sites for hydroxylation is 1. The van der Waals surface area contributed by atoms with Crippen molar-refractivity contribution < 1.29 is 9.53 Å². The van der Waals surface area contributed by atoms with Crippen LogP contribution in [-0.4, -0.2) is 12.6 Å². The first-order valence-electron chi connectivity index (χ1n) is 4.84. The minimum absolute atomic E-state index is 0.0343. The highest BCUT2D eigenvalue weighted by atomic mass is 32.1. The van der Waals surface area contributed by atoms with E-state index in [0.29, 0.717) is 6.61 Å². The van der Waals surface area contributed by atoms with Crippen molar-refractivity contribution in [1.82, 2.24) is 0 Å². The summed E-state index contributed by atoms with van der Waals surface area (Å²) in [5.41, 5.74) is 1.26. The second kappa shape index (κ2) is 5.15. The average molecular weight is 212 g/mol. The Hall–Kier alpha value is -0.830. The average Bonchev–Trinajstić information content (AvgIpc) is 2.51. The van der Waals surface area contributed by atoms with Gasteiger partial charge in [0, 0.05) is 4.88 Å². The topological polar surface area (TPSA) is 26.3 Å². The van der Waals surface area contributed by atoms with Crippen LogP contribution in [0.3, 0.4) is 0 Å². The summed E-state index contributed by atoms with van der Waals surface area (Å²) in [7, 11) is 0. The van der Waals surface area contributed by atoms with Crippen LogP contribution in [0.25, 0.3) is 0 Å². The number of hydrogen-bond acceptors (Lipinski definition) is 3. The van der Waals surface area contributed by atoms with Gasteiger partial charge >= 0.3 is 5.97 Å². The SMILES string of the molecule is CCOC(=O)C(C)Cc1cc(C)cs1. The third kappa shape index (κ3) is 3.14. The van der Waals surface area contributed by atoms with E-state index in [1.807, 2.05) is 13.8 Å². The van der Waals surface area contributed by atoms with E-state index in [2.05, 4.69) is 18.4 Å². The maximum Gasteiger partial charge on any atom is 0.309 e. The fraction of sp³-hybridized carbons (Fsp3) is 0.545. The van der Waals surface area contributed by atoms with Crippen LogP contribution >= 0.6 is 11.3 Å². The molecule has 0 saturated carbocycles. The molecule has 1 rings (SSSR count). The van der Waals surface area contributed by atoms with Crippen LogP contribution < -0.4 is 0 Å². The Labute approximate surface area is 88.9 Å². The predicted octanol–water partition coefficient (Wildman–Crippen LogP) is 2.80. The van der Waals surface area contributed by atoms with Crippen LogP contribution in [0, 0.1) is 12.8 Å². The molecule has 3 heteroatoms. The number of thiophene rings is 1. The number of esters is 1. The molecule has 0 bridgehead atoms. The molecule has 0 saturated heterocycles. The lowest BCUT2D eigenvalue weighted by Gasteiger charge is -2.08. The van der Waals surface area contributed by atoms with Crippen molar-refractivity contribution in [1.29, 1.82) is 0 Å². The summed E-state index contributed by atoms with van der Waals surface area (Å²) < 4.78 is 4.95.